The summed E-state index contributed by atoms with van der Waals surface area (Å²) in [5.74, 6) is -0.407. The molecule has 0 aromatic carbocycles. The van der Waals surface area contributed by atoms with Crippen LogP contribution in [0, 0.1) is 0 Å². The van der Waals surface area contributed by atoms with Gasteiger partial charge in [-0.25, -0.2) is 0 Å². The van der Waals surface area contributed by atoms with Gasteiger partial charge in [-0.2, -0.15) is 0 Å². The summed E-state index contributed by atoms with van der Waals surface area (Å²) in [6.07, 6.45) is 45.1. The van der Waals surface area contributed by atoms with E-state index in [-0.39, 0.29) is 26.2 Å². The minimum atomic E-state index is -4.55. The number of phosphoric ester groups is 1. The fraction of sp³-hybridized carbons (Fsp3) is 0.795. The second-order valence-electron chi connectivity index (χ2n) is 15.4. The molecule has 0 aromatic heterocycles. The molecule has 0 amide bonds. The molecule has 0 aromatic rings. The van der Waals surface area contributed by atoms with Crippen molar-refractivity contribution in [1.82, 2.24) is 0 Å². The lowest BCUT2D eigenvalue weighted by molar-refractivity contribution is -0.870. The molecule has 0 radical (unpaired) electrons. The Hall–Kier alpha value is -1.70. The van der Waals surface area contributed by atoms with Crippen molar-refractivity contribution in [2.24, 2.45) is 0 Å². The second kappa shape index (κ2) is 37.2. The van der Waals surface area contributed by atoms with Crippen LogP contribution in [-0.4, -0.2) is 64.1 Å². The molecule has 0 aliphatic carbocycles. The summed E-state index contributed by atoms with van der Waals surface area (Å²) in [5, 5.41) is 0. The summed E-state index contributed by atoms with van der Waals surface area (Å²) in [6, 6.07) is 0. The van der Waals surface area contributed by atoms with Gasteiger partial charge in [-0.1, -0.05) is 153 Å². The molecule has 53 heavy (non-hydrogen) atoms. The van der Waals surface area contributed by atoms with Crippen LogP contribution in [0.2, 0.25) is 0 Å². The number of quaternary nitrogens is 1. The summed E-state index contributed by atoms with van der Waals surface area (Å²) in [7, 11) is 1.29. The maximum absolute atomic E-state index is 12.6. The quantitative estimate of drug-likeness (QED) is 0.0153. The Balaban J connectivity index is 4.40. The van der Waals surface area contributed by atoms with E-state index in [9.17, 15) is 14.3 Å². The highest BCUT2D eigenvalue weighted by Crippen LogP contribution is 2.38. The van der Waals surface area contributed by atoms with Gasteiger partial charge in [0.1, 0.15) is 19.8 Å². The normalized spacial score (nSPS) is 14.2. The van der Waals surface area contributed by atoms with Gasteiger partial charge in [-0.15, -0.1) is 0 Å². The zero-order valence-corrected chi connectivity index (χ0v) is 35.8. The standard InChI is InChI=1S/C44H82NO7P/c1-6-8-10-12-14-16-18-20-22-23-24-25-27-29-31-33-35-37-44(46)52-43(42-51-53(47,48)50-40-38-45(3,4)5)41-49-39-36-34-32-30-28-26-21-19-17-15-13-11-9-7-2/h20,22,24-25,29,31,36,39,43H,6-19,21,23,26-28,30,32-35,37-38,40-42H2,1-5H3/b22-20-,25-24-,31-29-,39-36-. The van der Waals surface area contributed by atoms with Gasteiger partial charge in [0.15, 0.2) is 6.10 Å². The first-order valence-corrected chi connectivity index (χ1v) is 22.9. The van der Waals surface area contributed by atoms with Crippen molar-refractivity contribution in [1.29, 1.82) is 0 Å². The fourth-order valence-electron chi connectivity index (χ4n) is 5.59. The van der Waals surface area contributed by atoms with Crippen molar-refractivity contribution in [2.75, 3.05) is 47.5 Å². The zero-order valence-electron chi connectivity index (χ0n) is 35.0. The van der Waals surface area contributed by atoms with Crippen molar-refractivity contribution in [3.8, 4) is 0 Å². The molecule has 2 atom stereocenters. The number of hydrogen-bond acceptors (Lipinski definition) is 7. The van der Waals surface area contributed by atoms with E-state index < -0.39 is 19.9 Å². The van der Waals surface area contributed by atoms with Crippen LogP contribution in [0.25, 0.3) is 0 Å². The van der Waals surface area contributed by atoms with Crippen LogP contribution in [0.4, 0.5) is 0 Å². The third kappa shape index (κ3) is 41.3. The molecule has 0 fully saturated rings. The number of carbonyl (C=O) groups is 1. The monoisotopic (exact) mass is 768 g/mol. The van der Waals surface area contributed by atoms with Crippen LogP contribution in [-0.2, 0) is 27.9 Å². The van der Waals surface area contributed by atoms with Crippen LogP contribution in [0.5, 0.6) is 0 Å². The molecular weight excluding hydrogens is 685 g/mol. The highest BCUT2D eigenvalue weighted by atomic mass is 31.2. The van der Waals surface area contributed by atoms with Gasteiger partial charge in [-0.3, -0.25) is 9.36 Å². The van der Waals surface area contributed by atoms with Crippen molar-refractivity contribution in [3.05, 3.63) is 48.8 Å². The lowest BCUT2D eigenvalue weighted by atomic mass is 10.0. The first-order chi connectivity index (χ1) is 25.6. The molecule has 0 saturated carbocycles. The molecule has 0 bridgehead atoms. The van der Waals surface area contributed by atoms with E-state index in [0.29, 0.717) is 17.4 Å². The predicted molar refractivity (Wildman–Crippen MR) is 222 cm³/mol. The van der Waals surface area contributed by atoms with Gasteiger partial charge in [-0.05, 0) is 57.4 Å². The molecule has 0 N–H and O–H groups in total. The Labute approximate surface area is 327 Å². The number of esters is 1. The highest BCUT2D eigenvalue weighted by Gasteiger charge is 2.20. The molecule has 0 spiro atoms. The van der Waals surface area contributed by atoms with Gasteiger partial charge in [0.25, 0.3) is 7.82 Å². The molecule has 310 valence electrons. The third-order valence-corrected chi connectivity index (χ3v) is 9.91. The Morgan fingerprint density at radius 3 is 1.57 bits per heavy atom. The van der Waals surface area contributed by atoms with E-state index in [0.717, 1.165) is 32.1 Å². The number of carbonyl (C=O) groups excluding carboxylic acids is 1. The summed E-state index contributed by atoms with van der Waals surface area (Å²) < 4.78 is 34.2. The number of likely N-dealkylation sites (N-methyl/N-ethyl adjacent to an activating group) is 1. The number of hydrogen-bond donors (Lipinski definition) is 0. The molecular formula is C44H82NO7P. The molecule has 0 rings (SSSR count). The molecule has 0 aliphatic heterocycles. The molecule has 0 aliphatic rings. The lowest BCUT2D eigenvalue weighted by Crippen LogP contribution is -2.37. The van der Waals surface area contributed by atoms with Crippen LogP contribution in [0.15, 0.2) is 48.8 Å². The maximum Gasteiger partial charge on any atom is 0.306 e. The van der Waals surface area contributed by atoms with E-state index in [1.165, 1.54) is 116 Å². The van der Waals surface area contributed by atoms with Gasteiger partial charge < -0.3 is 27.9 Å². The zero-order chi connectivity index (χ0) is 39.1. The Kier molecular flexibility index (Phi) is 36.0. The fourth-order valence-corrected chi connectivity index (χ4v) is 6.31. The first-order valence-electron chi connectivity index (χ1n) is 21.4. The third-order valence-electron chi connectivity index (χ3n) is 8.95. The molecule has 0 heterocycles. The van der Waals surface area contributed by atoms with E-state index >= 15 is 0 Å². The summed E-state index contributed by atoms with van der Waals surface area (Å²) in [6.45, 7) is 4.66. The number of ether oxygens (including phenoxy) is 2. The Morgan fingerprint density at radius 2 is 1.06 bits per heavy atom. The SMILES string of the molecule is CCCCCCCC/C=C\C/C=C\C/C=C\CCCC(=O)OC(CO/C=C\CCCCCCCCCCCCCC)COP(=O)([O-])OCC[N+](C)(C)C. The number of phosphoric acid groups is 1. The molecule has 9 heteroatoms. The largest absolute Gasteiger partial charge is 0.756 e. The number of rotatable bonds is 39. The number of nitrogens with zero attached hydrogens (tertiary/aromatic N) is 1. The van der Waals surface area contributed by atoms with E-state index in [4.69, 9.17) is 18.5 Å². The van der Waals surface area contributed by atoms with Crippen molar-refractivity contribution < 1.29 is 37.3 Å². The maximum atomic E-state index is 12.6. The van der Waals surface area contributed by atoms with Gasteiger partial charge in [0.05, 0.1) is 34.0 Å². The Morgan fingerprint density at radius 1 is 0.604 bits per heavy atom. The van der Waals surface area contributed by atoms with Crippen LogP contribution in [0.1, 0.15) is 174 Å². The number of allylic oxidation sites excluding steroid dienone is 7. The Bertz CT molecular complexity index is 989. The van der Waals surface area contributed by atoms with Crippen molar-refractivity contribution in [3.63, 3.8) is 0 Å². The van der Waals surface area contributed by atoms with Crippen molar-refractivity contribution >= 4 is 13.8 Å². The van der Waals surface area contributed by atoms with Crippen molar-refractivity contribution in [2.45, 2.75) is 180 Å². The summed E-state index contributed by atoms with van der Waals surface area (Å²) >= 11 is 0. The van der Waals surface area contributed by atoms with Crippen LogP contribution >= 0.6 is 7.82 Å². The van der Waals surface area contributed by atoms with E-state index in [2.05, 4.69) is 50.3 Å². The van der Waals surface area contributed by atoms with E-state index in [1.807, 2.05) is 27.2 Å². The lowest BCUT2D eigenvalue weighted by Gasteiger charge is -2.28. The second-order valence-corrected chi connectivity index (χ2v) is 16.8. The first kappa shape index (κ1) is 51.3. The highest BCUT2D eigenvalue weighted by molar-refractivity contribution is 7.45. The average molecular weight is 768 g/mol. The van der Waals surface area contributed by atoms with Crippen LogP contribution in [0.3, 0.4) is 0 Å². The van der Waals surface area contributed by atoms with E-state index in [1.54, 1.807) is 6.26 Å². The molecule has 0 saturated heterocycles. The number of unbranched alkanes of at least 4 members (excludes halogenated alkanes) is 19. The summed E-state index contributed by atoms with van der Waals surface area (Å²) in [4.78, 5) is 25.0. The average Bonchev–Trinajstić information content (AvgIpc) is 3.11. The smallest absolute Gasteiger partial charge is 0.306 e. The predicted octanol–water partition coefficient (Wildman–Crippen LogP) is 12.1. The van der Waals surface area contributed by atoms with Gasteiger partial charge in [0, 0.05) is 6.42 Å². The molecule has 8 nitrogen and oxygen atoms in total. The minimum Gasteiger partial charge on any atom is -0.756 e. The van der Waals surface area contributed by atoms with Gasteiger partial charge in [0.2, 0.25) is 0 Å². The minimum absolute atomic E-state index is 0.0000375. The topological polar surface area (TPSA) is 94.1 Å². The summed E-state index contributed by atoms with van der Waals surface area (Å²) in [5.41, 5.74) is 0. The van der Waals surface area contributed by atoms with Gasteiger partial charge >= 0.3 is 5.97 Å². The van der Waals surface area contributed by atoms with Crippen LogP contribution < -0.4 is 4.89 Å². The molecule has 2 unspecified atom stereocenters.